The molecule has 0 amide bonds. The van der Waals surface area contributed by atoms with Crippen molar-refractivity contribution in [2.24, 2.45) is 5.16 Å². The molecule has 0 aliphatic heterocycles. The van der Waals surface area contributed by atoms with Crippen LogP contribution in [0.25, 0.3) is 0 Å². The average molecular weight is 310 g/mol. The average Bonchev–Trinajstić information content (AvgIpc) is 2.78. The molecular formula is C10H12F2N2O3S2. The SMILES string of the molecule is CCO/N=C/c1cnc(S(=O)(=O)CCC=C(F)F)s1. The number of thiazole rings is 1. The monoisotopic (exact) mass is 310 g/mol. The van der Waals surface area contributed by atoms with E-state index in [2.05, 4.69) is 10.1 Å². The van der Waals surface area contributed by atoms with Gasteiger partial charge in [-0.1, -0.05) is 5.16 Å². The molecule has 1 aromatic heterocycles. The van der Waals surface area contributed by atoms with E-state index in [1.807, 2.05) is 0 Å². The zero-order chi connectivity index (χ0) is 14.3. The first kappa shape index (κ1) is 15.7. The van der Waals surface area contributed by atoms with Crippen LogP contribution < -0.4 is 0 Å². The van der Waals surface area contributed by atoms with E-state index in [9.17, 15) is 17.2 Å². The van der Waals surface area contributed by atoms with Crippen molar-refractivity contribution < 1.29 is 22.0 Å². The van der Waals surface area contributed by atoms with E-state index in [0.717, 1.165) is 11.3 Å². The Labute approximate surface area is 113 Å². The first-order valence-electron chi connectivity index (χ1n) is 5.30. The van der Waals surface area contributed by atoms with Gasteiger partial charge in [-0.05, 0) is 19.4 Å². The fourth-order valence-corrected chi connectivity index (χ4v) is 3.42. The highest BCUT2D eigenvalue weighted by atomic mass is 32.2. The highest BCUT2D eigenvalue weighted by Crippen LogP contribution is 2.19. The molecule has 0 aliphatic carbocycles. The molecule has 19 heavy (non-hydrogen) atoms. The summed E-state index contributed by atoms with van der Waals surface area (Å²) in [4.78, 5) is 8.98. The summed E-state index contributed by atoms with van der Waals surface area (Å²) in [6.07, 6.45) is 1.13. The van der Waals surface area contributed by atoms with Crippen molar-refractivity contribution in [2.75, 3.05) is 12.4 Å². The molecule has 0 saturated carbocycles. The first-order chi connectivity index (χ1) is 8.95. The zero-order valence-corrected chi connectivity index (χ0v) is 11.7. The summed E-state index contributed by atoms with van der Waals surface area (Å²) in [7, 11) is -3.64. The number of hydrogen-bond donors (Lipinski definition) is 0. The van der Waals surface area contributed by atoms with E-state index in [1.54, 1.807) is 6.92 Å². The summed E-state index contributed by atoms with van der Waals surface area (Å²) in [6.45, 7) is 2.17. The number of oxime groups is 1. The minimum Gasteiger partial charge on any atom is -0.396 e. The van der Waals surface area contributed by atoms with Gasteiger partial charge in [0, 0.05) is 6.20 Å². The molecule has 0 aliphatic rings. The van der Waals surface area contributed by atoms with Crippen molar-refractivity contribution >= 4 is 27.4 Å². The van der Waals surface area contributed by atoms with Crippen LogP contribution in [-0.4, -0.2) is 32.0 Å². The second-order valence-corrected chi connectivity index (χ2v) is 6.63. The van der Waals surface area contributed by atoms with E-state index < -0.39 is 21.7 Å². The van der Waals surface area contributed by atoms with Crippen molar-refractivity contribution in [3.63, 3.8) is 0 Å². The van der Waals surface area contributed by atoms with E-state index in [-0.39, 0.29) is 10.8 Å². The Morgan fingerprint density at radius 2 is 2.32 bits per heavy atom. The topological polar surface area (TPSA) is 68.6 Å². The molecule has 0 radical (unpaired) electrons. The molecule has 1 aromatic rings. The third-order valence-corrected chi connectivity index (χ3v) is 4.99. The van der Waals surface area contributed by atoms with Gasteiger partial charge in [-0.15, -0.1) is 11.3 Å². The number of halogens is 2. The smallest absolute Gasteiger partial charge is 0.266 e. The van der Waals surface area contributed by atoms with Gasteiger partial charge in [0.1, 0.15) is 6.61 Å². The molecule has 5 nitrogen and oxygen atoms in total. The summed E-state index contributed by atoms with van der Waals surface area (Å²) in [5.74, 6) is -0.403. The standard InChI is InChI=1S/C10H12F2N2O3S2/c1-2-17-14-7-8-6-13-10(18-8)19(15,16)5-3-4-9(11)12/h4,6-7H,2-3,5H2,1H3/b14-7+. The number of sulfone groups is 1. The molecule has 1 rings (SSSR count). The normalized spacial score (nSPS) is 11.7. The fraction of sp³-hybridized carbons (Fsp3) is 0.400. The summed E-state index contributed by atoms with van der Waals surface area (Å²) in [5.41, 5.74) is 0. The second kappa shape index (κ2) is 7.29. The number of nitrogens with zero attached hydrogens (tertiary/aromatic N) is 2. The zero-order valence-electron chi connectivity index (χ0n) is 10.0. The van der Waals surface area contributed by atoms with Gasteiger partial charge in [0.15, 0.2) is 0 Å². The predicted octanol–water partition coefficient (Wildman–Crippen LogP) is 2.46. The maximum atomic E-state index is 11.8. The predicted molar refractivity (Wildman–Crippen MR) is 68.3 cm³/mol. The highest BCUT2D eigenvalue weighted by Gasteiger charge is 2.18. The lowest BCUT2D eigenvalue weighted by Crippen LogP contribution is -2.05. The highest BCUT2D eigenvalue weighted by molar-refractivity contribution is 7.93. The molecule has 0 saturated heterocycles. The minimum absolute atomic E-state index is 0.113. The van der Waals surface area contributed by atoms with Crippen LogP contribution in [0.15, 0.2) is 27.8 Å². The van der Waals surface area contributed by atoms with Crippen LogP contribution in [-0.2, 0) is 14.7 Å². The fourth-order valence-electron chi connectivity index (χ4n) is 1.05. The quantitative estimate of drug-likeness (QED) is 0.573. The molecule has 0 N–H and O–H groups in total. The maximum absolute atomic E-state index is 11.8. The van der Waals surface area contributed by atoms with Gasteiger partial charge in [0.2, 0.25) is 14.2 Å². The summed E-state index contributed by atoms with van der Waals surface area (Å²) < 4.78 is 47.0. The Kier molecular flexibility index (Phi) is 6.03. The molecule has 106 valence electrons. The molecule has 1 heterocycles. The van der Waals surface area contributed by atoms with Gasteiger partial charge in [0.25, 0.3) is 6.08 Å². The van der Waals surface area contributed by atoms with E-state index in [0.29, 0.717) is 17.6 Å². The minimum atomic E-state index is -3.64. The van der Waals surface area contributed by atoms with Crippen LogP contribution in [0.1, 0.15) is 18.2 Å². The Morgan fingerprint density at radius 3 is 2.95 bits per heavy atom. The third-order valence-electron chi connectivity index (χ3n) is 1.84. The lowest BCUT2D eigenvalue weighted by Gasteiger charge is -1.96. The number of rotatable bonds is 7. The van der Waals surface area contributed by atoms with Gasteiger partial charge in [0.05, 0.1) is 16.8 Å². The number of aromatic nitrogens is 1. The van der Waals surface area contributed by atoms with Gasteiger partial charge in [-0.3, -0.25) is 0 Å². The number of allylic oxidation sites excluding steroid dienone is 1. The van der Waals surface area contributed by atoms with Crippen LogP contribution in [0, 0.1) is 0 Å². The molecule has 0 aromatic carbocycles. The van der Waals surface area contributed by atoms with Gasteiger partial charge in [-0.25, -0.2) is 13.4 Å². The van der Waals surface area contributed by atoms with Crippen LogP contribution in [0.3, 0.4) is 0 Å². The molecule has 0 fully saturated rings. The van der Waals surface area contributed by atoms with Gasteiger partial charge >= 0.3 is 0 Å². The van der Waals surface area contributed by atoms with Gasteiger partial charge in [-0.2, -0.15) is 8.78 Å². The summed E-state index contributed by atoms with van der Waals surface area (Å²) in [6, 6.07) is 0. The van der Waals surface area contributed by atoms with Crippen molar-refractivity contribution in [3.05, 3.63) is 23.2 Å². The summed E-state index contributed by atoms with van der Waals surface area (Å²) >= 11 is 0.913. The Hall–Kier alpha value is -1.35. The maximum Gasteiger partial charge on any atom is 0.266 e. The van der Waals surface area contributed by atoms with Crippen LogP contribution in [0.2, 0.25) is 0 Å². The van der Waals surface area contributed by atoms with Crippen LogP contribution in [0.5, 0.6) is 0 Å². The van der Waals surface area contributed by atoms with Gasteiger partial charge < -0.3 is 4.84 Å². The molecule has 0 bridgehead atoms. The molecular weight excluding hydrogens is 298 g/mol. The van der Waals surface area contributed by atoms with Crippen molar-refractivity contribution in [2.45, 2.75) is 17.7 Å². The van der Waals surface area contributed by atoms with E-state index in [1.165, 1.54) is 12.4 Å². The van der Waals surface area contributed by atoms with Crippen LogP contribution in [0.4, 0.5) is 8.78 Å². The third kappa shape index (κ3) is 5.43. The Bertz CT molecular complexity index is 563. The largest absolute Gasteiger partial charge is 0.396 e. The van der Waals surface area contributed by atoms with E-state index in [4.69, 9.17) is 4.84 Å². The Morgan fingerprint density at radius 1 is 1.58 bits per heavy atom. The van der Waals surface area contributed by atoms with Crippen LogP contribution >= 0.6 is 11.3 Å². The second-order valence-electron chi connectivity index (χ2n) is 3.28. The molecule has 9 heteroatoms. The number of hydrogen-bond acceptors (Lipinski definition) is 6. The molecule has 0 atom stereocenters. The first-order valence-corrected chi connectivity index (χ1v) is 7.77. The summed E-state index contributed by atoms with van der Waals surface area (Å²) in [5, 5.41) is 3.58. The lowest BCUT2D eigenvalue weighted by molar-refractivity contribution is 0.160. The van der Waals surface area contributed by atoms with Crippen molar-refractivity contribution in [1.29, 1.82) is 0 Å². The van der Waals surface area contributed by atoms with E-state index >= 15 is 0 Å². The lowest BCUT2D eigenvalue weighted by atomic mass is 10.5. The van der Waals surface area contributed by atoms with Crippen molar-refractivity contribution in [1.82, 2.24) is 4.98 Å². The van der Waals surface area contributed by atoms with Crippen molar-refractivity contribution in [3.8, 4) is 0 Å². The Balaban J connectivity index is 2.71. The molecule has 0 spiro atoms. The molecule has 0 unspecified atom stereocenters.